The highest BCUT2D eigenvalue weighted by molar-refractivity contribution is 5.96. The molecule has 21 heavy (non-hydrogen) atoms. The largest absolute Gasteiger partial charge is 0.497 e. The summed E-state index contributed by atoms with van der Waals surface area (Å²) in [6, 6.07) is 15.9. The molecule has 0 unspecified atom stereocenters. The van der Waals surface area contributed by atoms with Crippen molar-refractivity contribution in [2.24, 2.45) is 0 Å². The molecule has 108 valence electrons. The molecule has 0 N–H and O–H groups in total. The zero-order valence-electron chi connectivity index (χ0n) is 12.2. The van der Waals surface area contributed by atoms with Crippen LogP contribution < -0.4 is 4.74 Å². The minimum Gasteiger partial charge on any atom is -0.497 e. The highest BCUT2D eigenvalue weighted by Crippen LogP contribution is 2.19. The summed E-state index contributed by atoms with van der Waals surface area (Å²) in [6.07, 6.45) is 1.82. The van der Waals surface area contributed by atoms with Gasteiger partial charge >= 0.3 is 0 Å². The number of hydrogen-bond acceptors (Lipinski definition) is 2. The Morgan fingerprint density at radius 2 is 1.86 bits per heavy atom. The second-order valence-electron chi connectivity index (χ2n) is 5.30. The molecule has 3 nitrogen and oxygen atoms in total. The maximum atomic E-state index is 12.4. The van der Waals surface area contributed by atoms with Crippen molar-refractivity contribution in [1.29, 1.82) is 0 Å². The normalized spacial score (nSPS) is 14.0. The number of ether oxygens (including phenoxy) is 1. The first-order valence-corrected chi connectivity index (χ1v) is 7.28. The second kappa shape index (κ2) is 6.00. The van der Waals surface area contributed by atoms with E-state index in [-0.39, 0.29) is 5.91 Å². The lowest BCUT2D eigenvalue weighted by atomic mass is 9.99. The van der Waals surface area contributed by atoms with Crippen LogP contribution in [0.4, 0.5) is 0 Å². The van der Waals surface area contributed by atoms with Crippen molar-refractivity contribution >= 4 is 5.91 Å². The zero-order valence-corrected chi connectivity index (χ0v) is 12.2. The van der Waals surface area contributed by atoms with E-state index in [1.807, 2.05) is 41.3 Å². The number of fused-ring (bicyclic) bond motifs is 1. The van der Waals surface area contributed by atoms with Gasteiger partial charge < -0.3 is 9.64 Å². The fourth-order valence-electron chi connectivity index (χ4n) is 2.74. The van der Waals surface area contributed by atoms with E-state index in [1.54, 1.807) is 7.11 Å². The van der Waals surface area contributed by atoms with Crippen LogP contribution in [-0.2, 0) is 12.8 Å². The third kappa shape index (κ3) is 2.92. The molecule has 3 heteroatoms. The molecule has 0 radical (unpaired) electrons. The van der Waals surface area contributed by atoms with Crippen LogP contribution in [0.5, 0.6) is 5.75 Å². The summed E-state index contributed by atoms with van der Waals surface area (Å²) in [5.74, 6) is 1.02. The van der Waals surface area contributed by atoms with Crippen molar-refractivity contribution in [3.63, 3.8) is 0 Å². The summed E-state index contributed by atoms with van der Waals surface area (Å²) < 4.78 is 5.16. The first kappa shape index (κ1) is 13.7. The first-order chi connectivity index (χ1) is 10.3. The monoisotopic (exact) mass is 281 g/mol. The molecule has 3 rings (SSSR count). The lowest BCUT2D eigenvalue weighted by Gasteiger charge is -2.28. The molecule has 2 aromatic carbocycles. The summed E-state index contributed by atoms with van der Waals surface area (Å²) in [6.45, 7) is 1.57. The van der Waals surface area contributed by atoms with Crippen LogP contribution in [0.25, 0.3) is 0 Å². The van der Waals surface area contributed by atoms with Crippen molar-refractivity contribution in [3.8, 4) is 5.75 Å². The van der Waals surface area contributed by atoms with Gasteiger partial charge in [0.1, 0.15) is 5.75 Å². The summed E-state index contributed by atoms with van der Waals surface area (Å²) in [5, 5.41) is 0. The van der Waals surface area contributed by atoms with Crippen LogP contribution in [0, 0.1) is 0 Å². The molecule has 0 saturated carbocycles. The quantitative estimate of drug-likeness (QED) is 0.862. The van der Waals surface area contributed by atoms with Crippen LogP contribution >= 0.6 is 0 Å². The minimum atomic E-state index is 0.158. The van der Waals surface area contributed by atoms with E-state index in [2.05, 4.69) is 12.1 Å². The Morgan fingerprint density at radius 1 is 1.10 bits per heavy atom. The number of hydrogen-bond donors (Lipinski definition) is 0. The molecule has 2 aromatic rings. The molecule has 1 heterocycles. The first-order valence-electron chi connectivity index (χ1n) is 7.28. The van der Waals surface area contributed by atoms with E-state index < -0.39 is 0 Å². The molecule has 1 aliphatic rings. The molecule has 1 aliphatic heterocycles. The highest BCUT2D eigenvalue weighted by Gasteiger charge is 2.23. The van der Waals surface area contributed by atoms with E-state index in [1.165, 1.54) is 11.1 Å². The van der Waals surface area contributed by atoms with Gasteiger partial charge in [-0.1, -0.05) is 30.3 Å². The lowest BCUT2D eigenvalue weighted by Crippen LogP contribution is -2.38. The van der Waals surface area contributed by atoms with Crippen molar-refractivity contribution in [2.75, 3.05) is 20.2 Å². The number of carbonyl (C=O) groups excluding carboxylic acids is 1. The number of rotatable bonds is 4. The van der Waals surface area contributed by atoms with Gasteiger partial charge in [0.15, 0.2) is 0 Å². The lowest BCUT2D eigenvalue weighted by molar-refractivity contribution is 0.0742. The van der Waals surface area contributed by atoms with Crippen LogP contribution in [0.15, 0.2) is 48.5 Å². The average Bonchev–Trinajstić information content (AvgIpc) is 2.55. The van der Waals surface area contributed by atoms with Gasteiger partial charge in [0.25, 0.3) is 5.91 Å². The van der Waals surface area contributed by atoms with E-state index >= 15 is 0 Å². The van der Waals surface area contributed by atoms with Gasteiger partial charge in [0.05, 0.1) is 7.11 Å². The zero-order chi connectivity index (χ0) is 14.7. The number of carbonyl (C=O) groups is 1. The van der Waals surface area contributed by atoms with Gasteiger partial charge in [-0.05, 0) is 42.2 Å². The molecule has 0 atom stereocenters. The van der Waals surface area contributed by atoms with Crippen LogP contribution in [0.1, 0.15) is 21.5 Å². The molecule has 0 fully saturated rings. The Labute approximate surface area is 125 Å². The van der Waals surface area contributed by atoms with Gasteiger partial charge in [-0.2, -0.15) is 0 Å². The Hall–Kier alpha value is -2.29. The molecule has 0 aliphatic carbocycles. The van der Waals surface area contributed by atoms with Gasteiger partial charge in [-0.15, -0.1) is 0 Å². The number of methoxy groups -OCH3 is 1. The van der Waals surface area contributed by atoms with E-state index in [0.717, 1.165) is 37.2 Å². The van der Waals surface area contributed by atoms with Crippen LogP contribution in [0.3, 0.4) is 0 Å². The number of benzene rings is 2. The Kier molecular flexibility index (Phi) is 3.91. The number of amides is 1. The topological polar surface area (TPSA) is 29.5 Å². The number of nitrogens with zero attached hydrogens (tertiary/aromatic N) is 1. The van der Waals surface area contributed by atoms with Crippen molar-refractivity contribution in [2.45, 2.75) is 12.8 Å². The molecule has 0 bridgehead atoms. The smallest absolute Gasteiger partial charge is 0.254 e. The van der Waals surface area contributed by atoms with Gasteiger partial charge in [0, 0.05) is 18.7 Å². The highest BCUT2D eigenvalue weighted by atomic mass is 16.5. The van der Waals surface area contributed by atoms with E-state index in [9.17, 15) is 4.79 Å². The predicted molar refractivity (Wildman–Crippen MR) is 82.7 cm³/mol. The van der Waals surface area contributed by atoms with E-state index in [4.69, 9.17) is 4.74 Å². The summed E-state index contributed by atoms with van der Waals surface area (Å²) in [4.78, 5) is 14.4. The summed E-state index contributed by atoms with van der Waals surface area (Å²) in [5.41, 5.74) is 3.25. The van der Waals surface area contributed by atoms with Crippen molar-refractivity contribution < 1.29 is 9.53 Å². The van der Waals surface area contributed by atoms with E-state index in [0.29, 0.717) is 0 Å². The Balaban J connectivity index is 1.65. The van der Waals surface area contributed by atoms with Crippen LogP contribution in [0.2, 0.25) is 0 Å². The molecular formula is C18H19NO2. The average molecular weight is 281 g/mol. The summed E-state index contributed by atoms with van der Waals surface area (Å²) >= 11 is 0. The fourth-order valence-corrected chi connectivity index (χ4v) is 2.74. The molecular weight excluding hydrogens is 262 g/mol. The Morgan fingerprint density at radius 3 is 2.62 bits per heavy atom. The minimum absolute atomic E-state index is 0.158. The Bertz CT molecular complexity index is 634. The third-order valence-corrected chi connectivity index (χ3v) is 4.02. The van der Waals surface area contributed by atoms with Gasteiger partial charge in [-0.3, -0.25) is 4.79 Å². The fraction of sp³-hybridized carbons (Fsp3) is 0.278. The molecule has 0 spiro atoms. The maximum Gasteiger partial charge on any atom is 0.254 e. The predicted octanol–water partition coefficient (Wildman–Crippen LogP) is 2.94. The second-order valence-corrected chi connectivity index (χ2v) is 5.30. The standard InChI is InChI=1S/C18H19NO2/c1-21-16-8-6-14(7-9-16)10-12-19-13-11-15-4-2-3-5-17(15)18(19)20/h2-9H,10-13H2,1H3. The molecule has 0 saturated heterocycles. The SMILES string of the molecule is COc1ccc(CCN2CCc3ccccc3C2=O)cc1. The third-order valence-electron chi connectivity index (χ3n) is 4.02. The van der Waals surface area contributed by atoms with Gasteiger partial charge in [0.2, 0.25) is 0 Å². The van der Waals surface area contributed by atoms with Crippen molar-refractivity contribution in [3.05, 3.63) is 65.2 Å². The molecule has 1 amide bonds. The molecule has 0 aromatic heterocycles. The van der Waals surface area contributed by atoms with Gasteiger partial charge in [-0.25, -0.2) is 0 Å². The van der Waals surface area contributed by atoms with Crippen molar-refractivity contribution in [1.82, 2.24) is 4.90 Å². The maximum absolute atomic E-state index is 12.4. The summed E-state index contributed by atoms with van der Waals surface area (Å²) in [7, 11) is 1.67. The van der Waals surface area contributed by atoms with Crippen LogP contribution in [-0.4, -0.2) is 31.0 Å².